The second-order valence-electron chi connectivity index (χ2n) is 7.53. The summed E-state index contributed by atoms with van der Waals surface area (Å²) in [6, 6.07) is 15.5. The van der Waals surface area contributed by atoms with E-state index >= 15 is 0 Å². The molecule has 6 heteroatoms. The summed E-state index contributed by atoms with van der Waals surface area (Å²) < 4.78 is 17.2. The maximum atomic E-state index is 12.6. The van der Waals surface area contributed by atoms with Gasteiger partial charge in [-0.05, 0) is 41.7 Å². The lowest BCUT2D eigenvalue weighted by Crippen LogP contribution is -2.42. The van der Waals surface area contributed by atoms with Crippen LogP contribution in [0, 0.1) is 0 Å². The maximum Gasteiger partial charge on any atom is 0.328 e. The summed E-state index contributed by atoms with van der Waals surface area (Å²) in [7, 11) is 0.0176. The summed E-state index contributed by atoms with van der Waals surface area (Å²) in [6.45, 7) is 6.30. The first kappa shape index (κ1) is 21.8. The molecule has 150 valence electrons. The van der Waals surface area contributed by atoms with E-state index in [1.54, 1.807) is 24.3 Å². The minimum atomic E-state index is -1.25. The zero-order valence-corrected chi connectivity index (χ0v) is 17.5. The molecular weight excluding hydrogens is 374 g/mol. The molecule has 0 radical (unpaired) electrons. The average molecular weight is 402 g/mol. The van der Waals surface area contributed by atoms with Crippen LogP contribution in [0.1, 0.15) is 43.1 Å². The SMILES string of the molecule is COC(=O)[C@@H](CC[S@@](=O)c1ccccc1)NC(=O)c1ccc(C(C)(C)C)cc1. The van der Waals surface area contributed by atoms with Crippen molar-refractivity contribution in [2.24, 2.45) is 0 Å². The van der Waals surface area contributed by atoms with Crippen molar-refractivity contribution in [3.8, 4) is 0 Å². The number of carbonyl (C=O) groups excluding carboxylic acids is 2. The molecule has 2 aromatic rings. The van der Waals surface area contributed by atoms with Crippen LogP contribution in [0.4, 0.5) is 0 Å². The molecule has 0 heterocycles. The van der Waals surface area contributed by atoms with Crippen molar-refractivity contribution in [1.29, 1.82) is 0 Å². The second-order valence-corrected chi connectivity index (χ2v) is 9.10. The van der Waals surface area contributed by atoms with Crippen LogP contribution < -0.4 is 5.32 Å². The van der Waals surface area contributed by atoms with Crippen molar-refractivity contribution in [3.05, 3.63) is 65.7 Å². The average Bonchev–Trinajstić information content (AvgIpc) is 2.70. The van der Waals surface area contributed by atoms with Gasteiger partial charge in [-0.25, -0.2) is 4.79 Å². The van der Waals surface area contributed by atoms with E-state index in [1.807, 2.05) is 30.3 Å². The van der Waals surface area contributed by atoms with Crippen molar-refractivity contribution in [2.45, 2.75) is 43.5 Å². The molecule has 0 spiro atoms. The van der Waals surface area contributed by atoms with E-state index in [4.69, 9.17) is 4.74 Å². The molecule has 0 aliphatic carbocycles. The Bertz CT molecular complexity index is 826. The number of rotatable bonds is 7. The smallest absolute Gasteiger partial charge is 0.328 e. The van der Waals surface area contributed by atoms with E-state index < -0.39 is 22.8 Å². The van der Waals surface area contributed by atoms with E-state index in [1.165, 1.54) is 7.11 Å². The van der Waals surface area contributed by atoms with E-state index in [0.717, 1.165) is 5.56 Å². The number of esters is 1. The van der Waals surface area contributed by atoms with Gasteiger partial charge >= 0.3 is 5.97 Å². The van der Waals surface area contributed by atoms with Gasteiger partial charge < -0.3 is 10.1 Å². The van der Waals surface area contributed by atoms with Crippen LogP contribution in [0.15, 0.2) is 59.5 Å². The summed E-state index contributed by atoms with van der Waals surface area (Å²) in [5.74, 6) is -0.668. The highest BCUT2D eigenvalue weighted by Crippen LogP contribution is 2.22. The summed E-state index contributed by atoms with van der Waals surface area (Å²) in [5, 5.41) is 2.70. The molecule has 0 bridgehead atoms. The van der Waals surface area contributed by atoms with E-state index in [9.17, 15) is 13.8 Å². The standard InChI is InChI=1S/C22H27NO4S/c1-22(2,3)17-12-10-16(11-13-17)20(24)23-19(21(25)27-4)14-15-28(26)18-8-6-5-7-9-18/h5-13,19H,14-15H2,1-4H3,(H,23,24)/t19-,28-/m1/s1. The largest absolute Gasteiger partial charge is 0.467 e. The Kier molecular flexibility index (Phi) is 7.52. The fourth-order valence-corrected chi connectivity index (χ4v) is 3.82. The molecule has 2 rings (SSSR count). The van der Waals surface area contributed by atoms with Gasteiger partial charge in [0.25, 0.3) is 5.91 Å². The molecule has 2 atom stereocenters. The number of methoxy groups -OCH3 is 1. The van der Waals surface area contributed by atoms with Gasteiger partial charge in [0.1, 0.15) is 6.04 Å². The third-order valence-electron chi connectivity index (χ3n) is 4.40. The Hall–Kier alpha value is -2.47. The summed E-state index contributed by atoms with van der Waals surface area (Å²) in [5.41, 5.74) is 1.57. The number of ether oxygens (including phenoxy) is 1. The molecule has 1 amide bonds. The lowest BCUT2D eigenvalue weighted by molar-refractivity contribution is -0.142. The van der Waals surface area contributed by atoms with Gasteiger partial charge in [-0.2, -0.15) is 0 Å². The molecule has 0 aliphatic heterocycles. The fourth-order valence-electron chi connectivity index (χ4n) is 2.67. The van der Waals surface area contributed by atoms with Crippen molar-refractivity contribution in [1.82, 2.24) is 5.32 Å². The van der Waals surface area contributed by atoms with E-state index in [-0.39, 0.29) is 23.5 Å². The van der Waals surface area contributed by atoms with Gasteiger partial charge in [0.2, 0.25) is 0 Å². The molecule has 0 unspecified atom stereocenters. The first-order valence-corrected chi connectivity index (χ1v) is 10.5. The van der Waals surface area contributed by atoms with Crippen molar-refractivity contribution in [3.63, 3.8) is 0 Å². The minimum Gasteiger partial charge on any atom is -0.467 e. The molecule has 1 N–H and O–H groups in total. The molecule has 0 saturated carbocycles. The second kappa shape index (κ2) is 9.64. The van der Waals surface area contributed by atoms with Gasteiger partial charge in [-0.15, -0.1) is 0 Å². The highest BCUT2D eigenvalue weighted by atomic mass is 32.2. The highest BCUT2D eigenvalue weighted by molar-refractivity contribution is 7.85. The van der Waals surface area contributed by atoms with Crippen molar-refractivity contribution >= 4 is 22.7 Å². The zero-order valence-electron chi connectivity index (χ0n) is 16.7. The molecule has 28 heavy (non-hydrogen) atoms. The van der Waals surface area contributed by atoms with Crippen LogP contribution >= 0.6 is 0 Å². The van der Waals surface area contributed by atoms with Gasteiger partial charge in [0.15, 0.2) is 0 Å². The third-order valence-corrected chi connectivity index (χ3v) is 5.81. The summed E-state index contributed by atoms with van der Waals surface area (Å²) >= 11 is 0. The van der Waals surface area contributed by atoms with Crippen LogP contribution in [0.5, 0.6) is 0 Å². The van der Waals surface area contributed by atoms with Gasteiger partial charge in [-0.3, -0.25) is 9.00 Å². The lowest BCUT2D eigenvalue weighted by atomic mass is 9.86. The molecule has 0 aliphatic rings. The van der Waals surface area contributed by atoms with Crippen LogP contribution in [0.25, 0.3) is 0 Å². The Balaban J connectivity index is 2.04. The third kappa shape index (κ3) is 6.02. The van der Waals surface area contributed by atoms with Gasteiger partial charge in [-0.1, -0.05) is 51.1 Å². The quantitative estimate of drug-likeness (QED) is 0.721. The highest BCUT2D eigenvalue weighted by Gasteiger charge is 2.23. The van der Waals surface area contributed by atoms with Crippen LogP contribution in [0.3, 0.4) is 0 Å². The maximum absolute atomic E-state index is 12.6. The van der Waals surface area contributed by atoms with Crippen LogP contribution in [0.2, 0.25) is 0 Å². The van der Waals surface area contributed by atoms with Crippen LogP contribution in [-0.4, -0.2) is 35.0 Å². The summed E-state index contributed by atoms with van der Waals surface area (Å²) in [4.78, 5) is 25.3. The molecule has 0 fully saturated rings. The van der Waals surface area contributed by atoms with Crippen molar-refractivity contribution in [2.75, 3.05) is 12.9 Å². The molecule has 0 aromatic heterocycles. The monoisotopic (exact) mass is 401 g/mol. The Labute approximate surface area is 168 Å². The van der Waals surface area contributed by atoms with Crippen molar-refractivity contribution < 1.29 is 18.5 Å². The number of benzene rings is 2. The first-order chi connectivity index (χ1) is 13.2. The molecule has 0 saturated heterocycles. The van der Waals surface area contributed by atoms with Crippen LogP contribution in [-0.2, 0) is 25.7 Å². The Morgan fingerprint density at radius 3 is 2.18 bits per heavy atom. The van der Waals surface area contributed by atoms with E-state index in [0.29, 0.717) is 10.5 Å². The van der Waals surface area contributed by atoms with Gasteiger partial charge in [0.05, 0.1) is 17.9 Å². The zero-order chi connectivity index (χ0) is 20.7. The predicted molar refractivity (Wildman–Crippen MR) is 111 cm³/mol. The minimum absolute atomic E-state index is 0.00887. The first-order valence-electron chi connectivity index (χ1n) is 9.15. The normalized spacial score (nSPS) is 13.4. The molecule has 5 nitrogen and oxygen atoms in total. The molecular formula is C22H27NO4S. The topological polar surface area (TPSA) is 72.5 Å². The van der Waals surface area contributed by atoms with Gasteiger partial charge in [0, 0.05) is 16.2 Å². The fraction of sp³-hybridized carbons (Fsp3) is 0.364. The summed E-state index contributed by atoms with van der Waals surface area (Å²) in [6.07, 6.45) is 0.222. The lowest BCUT2D eigenvalue weighted by Gasteiger charge is -2.20. The molecule has 2 aromatic carbocycles. The number of nitrogens with one attached hydrogen (secondary N) is 1. The number of carbonyl (C=O) groups is 2. The number of hydrogen-bond donors (Lipinski definition) is 1. The van der Waals surface area contributed by atoms with E-state index in [2.05, 4.69) is 26.1 Å². The predicted octanol–water partition coefficient (Wildman–Crippen LogP) is 3.45. The number of amides is 1. The Morgan fingerprint density at radius 1 is 1.04 bits per heavy atom. The Morgan fingerprint density at radius 2 is 1.64 bits per heavy atom. The number of hydrogen-bond acceptors (Lipinski definition) is 4.